The van der Waals surface area contributed by atoms with Gasteiger partial charge in [-0.1, -0.05) is 23.9 Å². The SMILES string of the molecule is C[C@H](OC(=O)[C@]12CCC(=O)N1c1ccccc1S2)C(=O)Nc1ccc(F)cc1. The predicted molar refractivity (Wildman–Crippen MR) is 102 cm³/mol. The summed E-state index contributed by atoms with van der Waals surface area (Å²) in [6.07, 6.45) is -0.517. The molecule has 6 nitrogen and oxygen atoms in total. The van der Waals surface area contributed by atoms with Crippen LogP contribution in [0.5, 0.6) is 0 Å². The molecule has 2 atom stereocenters. The lowest BCUT2D eigenvalue weighted by atomic mass is 10.2. The van der Waals surface area contributed by atoms with Crippen LogP contribution in [0.2, 0.25) is 0 Å². The van der Waals surface area contributed by atoms with Crippen molar-refractivity contribution in [1.29, 1.82) is 0 Å². The van der Waals surface area contributed by atoms with Crippen LogP contribution in [-0.2, 0) is 19.1 Å². The van der Waals surface area contributed by atoms with E-state index in [2.05, 4.69) is 5.32 Å². The number of anilines is 2. The Kier molecular flexibility index (Phi) is 4.58. The normalized spacial score (nSPS) is 21.1. The Balaban J connectivity index is 1.49. The summed E-state index contributed by atoms with van der Waals surface area (Å²) in [7, 11) is 0. The summed E-state index contributed by atoms with van der Waals surface area (Å²) < 4.78 is 18.4. The Morgan fingerprint density at radius 1 is 1.21 bits per heavy atom. The van der Waals surface area contributed by atoms with Gasteiger partial charge in [-0.3, -0.25) is 14.5 Å². The highest BCUT2D eigenvalue weighted by atomic mass is 32.2. The van der Waals surface area contributed by atoms with Crippen molar-refractivity contribution in [2.24, 2.45) is 0 Å². The Bertz CT molecular complexity index is 965. The number of hydrogen-bond donors (Lipinski definition) is 1. The molecule has 144 valence electrons. The van der Waals surface area contributed by atoms with E-state index >= 15 is 0 Å². The van der Waals surface area contributed by atoms with Gasteiger partial charge in [-0.15, -0.1) is 0 Å². The number of halogens is 1. The van der Waals surface area contributed by atoms with E-state index in [9.17, 15) is 18.8 Å². The average molecular weight is 400 g/mol. The first-order chi connectivity index (χ1) is 13.4. The van der Waals surface area contributed by atoms with Gasteiger partial charge >= 0.3 is 5.97 Å². The number of esters is 1. The third kappa shape index (κ3) is 3.03. The molecule has 2 aliphatic rings. The van der Waals surface area contributed by atoms with Gasteiger partial charge in [-0.2, -0.15) is 0 Å². The van der Waals surface area contributed by atoms with Crippen molar-refractivity contribution in [2.45, 2.75) is 35.6 Å². The first kappa shape index (κ1) is 18.5. The van der Waals surface area contributed by atoms with Crippen LogP contribution >= 0.6 is 11.8 Å². The maximum absolute atomic E-state index is 13.0. The molecule has 0 unspecified atom stereocenters. The Labute approximate surface area is 165 Å². The lowest BCUT2D eigenvalue weighted by molar-refractivity contribution is -0.155. The van der Waals surface area contributed by atoms with Gasteiger partial charge in [-0.25, -0.2) is 9.18 Å². The summed E-state index contributed by atoms with van der Waals surface area (Å²) in [4.78, 5) is 38.9. The van der Waals surface area contributed by atoms with Crippen LogP contribution < -0.4 is 10.2 Å². The number of rotatable bonds is 4. The minimum Gasteiger partial charge on any atom is -0.450 e. The van der Waals surface area contributed by atoms with Gasteiger partial charge in [0.15, 0.2) is 11.0 Å². The molecule has 28 heavy (non-hydrogen) atoms. The van der Waals surface area contributed by atoms with Crippen LogP contribution in [0, 0.1) is 5.82 Å². The highest BCUT2D eigenvalue weighted by molar-refractivity contribution is 8.02. The molecule has 4 rings (SSSR count). The van der Waals surface area contributed by atoms with Crippen LogP contribution in [0.1, 0.15) is 19.8 Å². The summed E-state index contributed by atoms with van der Waals surface area (Å²) in [5.41, 5.74) is 1.09. The molecular formula is C20H17FN2O4S. The molecule has 1 saturated heterocycles. The van der Waals surface area contributed by atoms with Crippen LogP contribution in [-0.4, -0.2) is 28.8 Å². The topological polar surface area (TPSA) is 75.7 Å². The standard InChI is InChI=1S/C20H17FN2O4S/c1-12(18(25)22-14-8-6-13(21)7-9-14)27-19(26)20-11-10-17(24)23(20)15-4-2-3-5-16(15)28-20/h2-9,12H,10-11H2,1H3,(H,22,25)/t12-,20+/m0/s1. The van der Waals surface area contributed by atoms with Crippen LogP contribution in [0.25, 0.3) is 0 Å². The first-order valence-corrected chi connectivity index (χ1v) is 9.61. The molecule has 2 amide bonds. The van der Waals surface area contributed by atoms with Crippen LogP contribution in [0.3, 0.4) is 0 Å². The smallest absolute Gasteiger partial charge is 0.344 e. The largest absolute Gasteiger partial charge is 0.450 e. The fourth-order valence-corrected chi connectivity index (χ4v) is 4.76. The zero-order valence-electron chi connectivity index (χ0n) is 15.0. The fourth-order valence-electron chi connectivity index (χ4n) is 3.36. The summed E-state index contributed by atoms with van der Waals surface area (Å²) in [5, 5.41) is 2.58. The second-order valence-electron chi connectivity index (χ2n) is 6.63. The first-order valence-electron chi connectivity index (χ1n) is 8.79. The molecule has 2 heterocycles. The summed E-state index contributed by atoms with van der Waals surface area (Å²) >= 11 is 1.28. The molecule has 2 aromatic rings. The molecule has 0 bridgehead atoms. The molecule has 0 saturated carbocycles. The van der Waals surface area contributed by atoms with Gasteiger partial charge in [0.2, 0.25) is 5.91 Å². The molecule has 1 N–H and O–H groups in total. The Morgan fingerprint density at radius 3 is 2.68 bits per heavy atom. The predicted octanol–water partition coefficient (Wildman–Crippen LogP) is 3.32. The highest BCUT2D eigenvalue weighted by Crippen LogP contribution is 2.56. The van der Waals surface area contributed by atoms with Crippen molar-refractivity contribution in [2.75, 3.05) is 10.2 Å². The summed E-state index contributed by atoms with van der Waals surface area (Å²) in [6, 6.07) is 12.6. The van der Waals surface area contributed by atoms with E-state index in [0.29, 0.717) is 17.8 Å². The second kappa shape index (κ2) is 6.94. The van der Waals surface area contributed by atoms with Gasteiger partial charge in [0.1, 0.15) is 5.82 Å². The van der Waals surface area contributed by atoms with E-state index in [1.54, 1.807) is 6.07 Å². The number of amides is 2. The zero-order valence-corrected chi connectivity index (χ0v) is 15.8. The molecule has 0 aromatic heterocycles. The molecular weight excluding hydrogens is 383 g/mol. The van der Waals surface area contributed by atoms with Gasteiger partial charge in [0, 0.05) is 23.4 Å². The number of benzene rings is 2. The number of ether oxygens (including phenoxy) is 1. The van der Waals surface area contributed by atoms with E-state index in [1.165, 1.54) is 47.9 Å². The minimum atomic E-state index is -1.18. The number of fused-ring (bicyclic) bond motifs is 3. The molecule has 2 aliphatic heterocycles. The van der Waals surface area contributed by atoms with Crippen molar-refractivity contribution in [1.82, 2.24) is 0 Å². The van der Waals surface area contributed by atoms with Gasteiger partial charge in [-0.05, 0) is 43.3 Å². The highest BCUT2D eigenvalue weighted by Gasteiger charge is 2.58. The molecule has 0 spiro atoms. The number of carbonyl (C=O) groups excluding carboxylic acids is 3. The van der Waals surface area contributed by atoms with E-state index in [4.69, 9.17) is 4.74 Å². The maximum Gasteiger partial charge on any atom is 0.344 e. The van der Waals surface area contributed by atoms with Crippen molar-refractivity contribution in [3.63, 3.8) is 0 Å². The molecule has 0 aliphatic carbocycles. The lowest BCUT2D eigenvalue weighted by Crippen LogP contribution is -2.49. The molecule has 8 heteroatoms. The average Bonchev–Trinajstić information content (AvgIpc) is 3.19. The van der Waals surface area contributed by atoms with Crippen molar-refractivity contribution in [3.8, 4) is 0 Å². The van der Waals surface area contributed by atoms with Crippen molar-refractivity contribution in [3.05, 3.63) is 54.3 Å². The zero-order chi connectivity index (χ0) is 19.9. The van der Waals surface area contributed by atoms with Gasteiger partial charge in [0.25, 0.3) is 5.91 Å². The second-order valence-corrected chi connectivity index (χ2v) is 7.95. The van der Waals surface area contributed by atoms with Gasteiger partial charge < -0.3 is 10.1 Å². The monoisotopic (exact) mass is 400 g/mol. The van der Waals surface area contributed by atoms with Crippen molar-refractivity contribution < 1.29 is 23.5 Å². The summed E-state index contributed by atoms with van der Waals surface area (Å²) in [6.45, 7) is 1.46. The lowest BCUT2D eigenvalue weighted by Gasteiger charge is -2.29. The number of hydrogen-bond acceptors (Lipinski definition) is 5. The van der Waals surface area contributed by atoms with Crippen molar-refractivity contribution >= 4 is 40.9 Å². The third-order valence-corrected chi connectivity index (χ3v) is 6.21. The number of para-hydroxylation sites is 1. The summed E-state index contributed by atoms with van der Waals surface area (Å²) in [5.74, 6) is -1.72. The van der Waals surface area contributed by atoms with Gasteiger partial charge in [0.05, 0.1) is 5.69 Å². The molecule has 0 radical (unpaired) electrons. The Hall–Kier alpha value is -2.87. The quantitative estimate of drug-likeness (QED) is 0.797. The molecule has 2 aromatic carbocycles. The number of nitrogens with zero attached hydrogens (tertiary/aromatic N) is 1. The maximum atomic E-state index is 13.0. The number of thioether (sulfide) groups is 1. The third-order valence-electron chi connectivity index (χ3n) is 4.76. The number of nitrogens with one attached hydrogen (secondary N) is 1. The van der Waals surface area contributed by atoms with E-state index in [0.717, 1.165) is 4.90 Å². The Morgan fingerprint density at radius 2 is 1.93 bits per heavy atom. The van der Waals surface area contributed by atoms with E-state index in [-0.39, 0.29) is 12.3 Å². The molecule has 1 fully saturated rings. The number of carbonyl (C=O) groups is 3. The van der Waals surface area contributed by atoms with Crippen LogP contribution in [0.4, 0.5) is 15.8 Å². The van der Waals surface area contributed by atoms with E-state index < -0.39 is 28.7 Å². The minimum absolute atomic E-state index is 0.141. The fraction of sp³-hybridized carbons (Fsp3) is 0.250. The van der Waals surface area contributed by atoms with Crippen LogP contribution in [0.15, 0.2) is 53.4 Å². The van der Waals surface area contributed by atoms with E-state index in [1.807, 2.05) is 18.2 Å².